The zero-order valence-corrected chi connectivity index (χ0v) is 13.2. The van der Waals surface area contributed by atoms with Crippen LogP contribution in [-0.2, 0) is 0 Å². The summed E-state index contributed by atoms with van der Waals surface area (Å²) in [7, 11) is 0. The number of nitrogens with two attached hydrogens (primary N) is 1. The first kappa shape index (κ1) is 15.5. The predicted octanol–water partition coefficient (Wildman–Crippen LogP) is 4.23. The Labute approximate surface area is 131 Å². The van der Waals surface area contributed by atoms with E-state index in [0.29, 0.717) is 23.5 Å². The minimum Gasteiger partial charge on any atom is -0.399 e. The van der Waals surface area contributed by atoms with E-state index in [1.807, 2.05) is 13.0 Å². The van der Waals surface area contributed by atoms with Gasteiger partial charge in [0.05, 0.1) is 10.0 Å². The maximum Gasteiger partial charge on any atom is 0.259 e. The van der Waals surface area contributed by atoms with Gasteiger partial charge in [0.1, 0.15) is 5.82 Å². The highest BCUT2D eigenvalue weighted by Gasteiger charge is 2.20. The molecule has 3 nitrogen and oxygen atoms in total. The Morgan fingerprint density at radius 2 is 2.00 bits per heavy atom. The van der Waals surface area contributed by atoms with Gasteiger partial charge in [-0.1, -0.05) is 19.1 Å². The molecule has 5 heteroatoms. The first-order valence-corrected chi connectivity index (χ1v) is 7.45. The number of amides is 1. The van der Waals surface area contributed by atoms with Crippen molar-refractivity contribution in [2.24, 2.45) is 0 Å². The Bertz CT molecular complexity index is 660. The predicted molar refractivity (Wildman–Crippen MR) is 86.9 cm³/mol. The first-order chi connectivity index (χ1) is 10.0. The molecule has 0 saturated heterocycles. The monoisotopic (exact) mass is 350 g/mol. The fraction of sp³-hybridized carbons (Fsp3) is 0.188. The second kappa shape index (κ2) is 6.72. The van der Waals surface area contributed by atoms with Crippen molar-refractivity contribution in [3.8, 4) is 0 Å². The molecule has 0 saturated carbocycles. The van der Waals surface area contributed by atoms with Crippen LogP contribution in [0.5, 0.6) is 0 Å². The Hall–Kier alpha value is -1.88. The maximum absolute atomic E-state index is 13.6. The highest BCUT2D eigenvalue weighted by Crippen LogP contribution is 2.25. The molecule has 0 fully saturated rings. The number of carbonyl (C=O) groups is 1. The third kappa shape index (κ3) is 3.42. The van der Waals surface area contributed by atoms with E-state index in [-0.39, 0.29) is 10.4 Å². The van der Waals surface area contributed by atoms with Crippen LogP contribution in [0.2, 0.25) is 0 Å². The van der Waals surface area contributed by atoms with Crippen molar-refractivity contribution in [1.82, 2.24) is 0 Å². The number of carbonyl (C=O) groups excluding carboxylic acids is 1. The minimum atomic E-state index is -0.454. The largest absolute Gasteiger partial charge is 0.399 e. The van der Waals surface area contributed by atoms with Crippen molar-refractivity contribution < 1.29 is 9.18 Å². The van der Waals surface area contributed by atoms with Crippen molar-refractivity contribution >= 4 is 33.2 Å². The highest BCUT2D eigenvalue weighted by molar-refractivity contribution is 9.10. The summed E-state index contributed by atoms with van der Waals surface area (Å²) in [6.45, 7) is 2.51. The zero-order chi connectivity index (χ0) is 15.4. The molecule has 0 aliphatic heterocycles. The fourth-order valence-corrected chi connectivity index (χ4v) is 2.51. The quantitative estimate of drug-likeness (QED) is 0.838. The number of nitrogens with zero attached hydrogens (tertiary/aromatic N) is 1. The van der Waals surface area contributed by atoms with Gasteiger partial charge in [-0.2, -0.15) is 0 Å². The van der Waals surface area contributed by atoms with E-state index in [0.717, 1.165) is 6.42 Å². The van der Waals surface area contributed by atoms with Gasteiger partial charge in [0.15, 0.2) is 0 Å². The van der Waals surface area contributed by atoms with Crippen LogP contribution in [0.1, 0.15) is 23.7 Å². The highest BCUT2D eigenvalue weighted by atomic mass is 79.9. The van der Waals surface area contributed by atoms with Gasteiger partial charge in [0.2, 0.25) is 0 Å². The summed E-state index contributed by atoms with van der Waals surface area (Å²) in [5, 5.41) is 0. The van der Waals surface area contributed by atoms with Crippen LogP contribution < -0.4 is 10.6 Å². The molecule has 2 aromatic carbocycles. The molecule has 0 heterocycles. The van der Waals surface area contributed by atoms with E-state index in [1.54, 1.807) is 29.2 Å². The van der Waals surface area contributed by atoms with Gasteiger partial charge in [-0.25, -0.2) is 4.39 Å². The maximum atomic E-state index is 13.6. The number of anilines is 2. The van der Waals surface area contributed by atoms with Crippen LogP contribution in [-0.4, -0.2) is 12.5 Å². The number of hydrogen-bond acceptors (Lipinski definition) is 2. The smallest absolute Gasteiger partial charge is 0.259 e. The minimum absolute atomic E-state index is 0.181. The van der Waals surface area contributed by atoms with Gasteiger partial charge < -0.3 is 10.6 Å². The second-order valence-electron chi connectivity index (χ2n) is 4.65. The molecule has 110 valence electrons. The fourth-order valence-electron chi connectivity index (χ4n) is 2.08. The van der Waals surface area contributed by atoms with E-state index in [9.17, 15) is 9.18 Å². The average molecular weight is 351 g/mol. The number of benzene rings is 2. The lowest BCUT2D eigenvalue weighted by atomic mass is 10.1. The summed E-state index contributed by atoms with van der Waals surface area (Å²) < 4.78 is 13.8. The van der Waals surface area contributed by atoms with Crippen LogP contribution >= 0.6 is 15.9 Å². The van der Waals surface area contributed by atoms with E-state index in [2.05, 4.69) is 15.9 Å². The molecule has 0 bridgehead atoms. The van der Waals surface area contributed by atoms with E-state index < -0.39 is 5.82 Å². The van der Waals surface area contributed by atoms with Crippen LogP contribution in [0.15, 0.2) is 46.9 Å². The van der Waals surface area contributed by atoms with Gasteiger partial charge >= 0.3 is 0 Å². The topological polar surface area (TPSA) is 46.3 Å². The third-order valence-corrected chi connectivity index (χ3v) is 3.86. The number of hydrogen-bond donors (Lipinski definition) is 1. The Morgan fingerprint density at radius 1 is 1.29 bits per heavy atom. The number of halogens is 2. The van der Waals surface area contributed by atoms with E-state index in [4.69, 9.17) is 5.73 Å². The van der Waals surface area contributed by atoms with Crippen molar-refractivity contribution in [1.29, 1.82) is 0 Å². The van der Waals surface area contributed by atoms with Crippen molar-refractivity contribution in [3.05, 3.63) is 58.3 Å². The zero-order valence-electron chi connectivity index (χ0n) is 11.6. The van der Waals surface area contributed by atoms with Crippen molar-refractivity contribution in [2.75, 3.05) is 17.2 Å². The molecule has 21 heavy (non-hydrogen) atoms. The second-order valence-corrected chi connectivity index (χ2v) is 5.45. The summed E-state index contributed by atoms with van der Waals surface area (Å²) in [4.78, 5) is 14.3. The molecule has 0 aromatic heterocycles. The van der Waals surface area contributed by atoms with Crippen molar-refractivity contribution in [2.45, 2.75) is 13.3 Å². The number of rotatable bonds is 4. The lowest BCUT2D eigenvalue weighted by Crippen LogP contribution is -2.32. The van der Waals surface area contributed by atoms with Crippen LogP contribution in [0.4, 0.5) is 15.8 Å². The Balaban J connectivity index is 2.42. The molecular weight excluding hydrogens is 335 g/mol. The van der Waals surface area contributed by atoms with Gasteiger partial charge in [-0.15, -0.1) is 0 Å². The van der Waals surface area contributed by atoms with Gasteiger partial charge in [0, 0.05) is 17.9 Å². The normalized spacial score (nSPS) is 10.4. The lowest BCUT2D eigenvalue weighted by Gasteiger charge is -2.23. The summed E-state index contributed by atoms with van der Waals surface area (Å²) in [6.07, 6.45) is 0.785. The molecule has 0 radical (unpaired) electrons. The summed E-state index contributed by atoms with van der Waals surface area (Å²) in [5.74, 6) is -0.710. The molecule has 2 rings (SSSR count). The van der Waals surface area contributed by atoms with E-state index in [1.165, 1.54) is 12.1 Å². The standard InChI is InChI=1S/C16H16BrFN2O/c1-2-9-20(12-6-3-5-11(19)10-12)16(21)13-7-4-8-14(18)15(13)17/h3-8,10H,2,9,19H2,1H3. The van der Waals surface area contributed by atoms with Crippen molar-refractivity contribution in [3.63, 3.8) is 0 Å². The summed E-state index contributed by atoms with van der Waals surface area (Å²) >= 11 is 3.14. The molecule has 2 N–H and O–H groups in total. The molecule has 0 aliphatic carbocycles. The molecule has 2 aromatic rings. The van der Waals surface area contributed by atoms with Crippen LogP contribution in [0.25, 0.3) is 0 Å². The molecule has 0 atom stereocenters. The third-order valence-electron chi connectivity index (χ3n) is 3.06. The SMILES string of the molecule is CCCN(C(=O)c1cccc(F)c1Br)c1cccc(N)c1. The molecular formula is C16H16BrFN2O. The lowest BCUT2D eigenvalue weighted by molar-refractivity contribution is 0.0985. The number of nitrogen functional groups attached to an aromatic ring is 1. The van der Waals surface area contributed by atoms with Crippen LogP contribution in [0, 0.1) is 5.82 Å². The van der Waals surface area contributed by atoms with Gasteiger partial charge in [0.25, 0.3) is 5.91 Å². The van der Waals surface area contributed by atoms with Crippen LogP contribution in [0.3, 0.4) is 0 Å². The summed E-state index contributed by atoms with van der Waals surface area (Å²) in [5.41, 5.74) is 7.36. The van der Waals surface area contributed by atoms with Gasteiger partial charge in [-0.05, 0) is 52.7 Å². The molecule has 0 aliphatic rings. The van der Waals surface area contributed by atoms with Gasteiger partial charge in [-0.3, -0.25) is 4.79 Å². The molecule has 0 unspecified atom stereocenters. The van der Waals surface area contributed by atoms with E-state index >= 15 is 0 Å². The summed E-state index contributed by atoms with van der Waals surface area (Å²) in [6, 6.07) is 11.5. The molecule has 1 amide bonds. The Kier molecular flexibility index (Phi) is 4.96. The first-order valence-electron chi connectivity index (χ1n) is 6.66. The Morgan fingerprint density at radius 3 is 2.67 bits per heavy atom. The average Bonchev–Trinajstić information content (AvgIpc) is 2.47. The molecule has 0 spiro atoms.